The second-order valence-corrected chi connectivity index (χ2v) is 7.18. The van der Waals surface area contributed by atoms with Crippen molar-refractivity contribution in [1.29, 1.82) is 0 Å². The molecule has 3 N–H and O–H groups in total. The fourth-order valence-corrected chi connectivity index (χ4v) is 3.47. The van der Waals surface area contributed by atoms with E-state index < -0.39 is 10.0 Å². The van der Waals surface area contributed by atoms with Crippen LogP contribution in [-0.4, -0.2) is 51.1 Å². The Hall–Kier alpha value is -1.09. The molecule has 0 aromatic heterocycles. The summed E-state index contributed by atoms with van der Waals surface area (Å²) in [6, 6.07) is 5.77. The van der Waals surface area contributed by atoms with Crippen molar-refractivity contribution in [3.63, 3.8) is 0 Å². The summed E-state index contributed by atoms with van der Waals surface area (Å²) in [5, 5.41) is 11.1. The number of rotatable bonds is 9. The predicted molar refractivity (Wildman–Crippen MR) is 84.0 cm³/mol. The quantitative estimate of drug-likeness (QED) is 0.570. The zero-order valence-electron chi connectivity index (χ0n) is 11.8. The van der Waals surface area contributed by atoms with Crippen molar-refractivity contribution in [2.45, 2.75) is 11.3 Å². The van der Waals surface area contributed by atoms with Gasteiger partial charge in [0.05, 0.1) is 4.90 Å². The molecule has 1 rings (SSSR count). The topological polar surface area (TPSA) is 95.5 Å². The minimum Gasteiger partial charge on any atom is -0.396 e. The molecular formula is C13H20N2O4S2. The molecule has 6 nitrogen and oxygen atoms in total. The van der Waals surface area contributed by atoms with Gasteiger partial charge in [0.15, 0.2) is 0 Å². The Bertz CT molecular complexity index is 544. The van der Waals surface area contributed by atoms with E-state index in [1.165, 1.54) is 31.3 Å². The smallest absolute Gasteiger partial charge is 0.251 e. The Balaban J connectivity index is 2.52. The molecule has 8 heteroatoms. The van der Waals surface area contributed by atoms with Gasteiger partial charge in [-0.15, -0.1) is 0 Å². The lowest BCUT2D eigenvalue weighted by molar-refractivity contribution is 0.0963. The minimum atomic E-state index is -3.55. The predicted octanol–water partition coefficient (Wildman–Crippen LogP) is 0.440. The van der Waals surface area contributed by atoms with Gasteiger partial charge in [-0.2, -0.15) is 11.8 Å². The van der Waals surface area contributed by atoms with Gasteiger partial charge in [0, 0.05) is 31.5 Å². The van der Waals surface area contributed by atoms with Crippen molar-refractivity contribution in [3.05, 3.63) is 29.8 Å². The maximum Gasteiger partial charge on any atom is 0.251 e. The van der Waals surface area contributed by atoms with Gasteiger partial charge in [-0.05, 0) is 36.4 Å². The largest absolute Gasteiger partial charge is 0.396 e. The summed E-state index contributed by atoms with van der Waals surface area (Å²) in [7, 11) is -2.03. The lowest BCUT2D eigenvalue weighted by Crippen LogP contribution is -2.26. The molecule has 0 fully saturated rings. The number of hydrogen-bond acceptors (Lipinski definition) is 5. The summed E-state index contributed by atoms with van der Waals surface area (Å²) < 4.78 is 26.5. The Kier molecular flexibility index (Phi) is 7.73. The standard InChI is InChI=1S/C13H20N2O4S2/c1-14-13(17)11-3-5-12(6-4-11)21(18,19)15-7-10-20-9-2-8-16/h3-6,15-16H,2,7-10H2,1H3,(H,14,17). The number of thioether (sulfide) groups is 1. The van der Waals surface area contributed by atoms with E-state index in [-0.39, 0.29) is 17.4 Å². The zero-order chi connectivity index (χ0) is 15.7. The van der Waals surface area contributed by atoms with E-state index in [0.29, 0.717) is 24.3 Å². The molecule has 21 heavy (non-hydrogen) atoms. The summed E-state index contributed by atoms with van der Waals surface area (Å²) in [6.07, 6.45) is 0.707. The first-order valence-electron chi connectivity index (χ1n) is 6.51. The first-order chi connectivity index (χ1) is 10.0. The van der Waals surface area contributed by atoms with E-state index in [9.17, 15) is 13.2 Å². The lowest BCUT2D eigenvalue weighted by Gasteiger charge is -2.07. The number of nitrogens with one attached hydrogen (secondary N) is 2. The van der Waals surface area contributed by atoms with Crippen LogP contribution in [0.2, 0.25) is 0 Å². The lowest BCUT2D eigenvalue weighted by atomic mass is 10.2. The van der Waals surface area contributed by atoms with Gasteiger partial charge in [0.2, 0.25) is 10.0 Å². The van der Waals surface area contributed by atoms with Crippen LogP contribution in [0.15, 0.2) is 29.2 Å². The van der Waals surface area contributed by atoms with Crippen LogP contribution in [0.3, 0.4) is 0 Å². The molecule has 0 unspecified atom stereocenters. The normalized spacial score (nSPS) is 11.3. The maximum absolute atomic E-state index is 12.0. The van der Waals surface area contributed by atoms with E-state index >= 15 is 0 Å². The first kappa shape index (κ1) is 18.0. The number of hydrogen-bond donors (Lipinski definition) is 3. The van der Waals surface area contributed by atoms with Crippen LogP contribution in [0.4, 0.5) is 0 Å². The Morgan fingerprint density at radius 3 is 2.48 bits per heavy atom. The van der Waals surface area contributed by atoms with Crippen molar-refractivity contribution >= 4 is 27.7 Å². The van der Waals surface area contributed by atoms with Gasteiger partial charge in [0.1, 0.15) is 0 Å². The van der Waals surface area contributed by atoms with Gasteiger partial charge < -0.3 is 10.4 Å². The molecule has 0 saturated carbocycles. The van der Waals surface area contributed by atoms with Gasteiger partial charge >= 0.3 is 0 Å². The molecule has 0 bridgehead atoms. The number of carbonyl (C=O) groups is 1. The molecule has 0 aliphatic carbocycles. The van der Waals surface area contributed by atoms with Crippen LogP contribution >= 0.6 is 11.8 Å². The van der Waals surface area contributed by atoms with Crippen molar-refractivity contribution < 1.29 is 18.3 Å². The Morgan fingerprint density at radius 2 is 1.90 bits per heavy atom. The van der Waals surface area contributed by atoms with Crippen LogP contribution in [0.25, 0.3) is 0 Å². The van der Waals surface area contributed by atoms with Gasteiger partial charge in [-0.25, -0.2) is 13.1 Å². The molecule has 0 heterocycles. The zero-order valence-corrected chi connectivity index (χ0v) is 13.5. The van der Waals surface area contributed by atoms with E-state index in [4.69, 9.17) is 5.11 Å². The summed E-state index contributed by atoms with van der Waals surface area (Å²) in [5.41, 5.74) is 0.413. The van der Waals surface area contributed by atoms with Crippen LogP contribution in [-0.2, 0) is 10.0 Å². The van der Waals surface area contributed by atoms with Gasteiger partial charge in [-0.3, -0.25) is 4.79 Å². The highest BCUT2D eigenvalue weighted by Crippen LogP contribution is 2.11. The van der Waals surface area contributed by atoms with Gasteiger partial charge in [-0.1, -0.05) is 0 Å². The summed E-state index contributed by atoms with van der Waals surface area (Å²) >= 11 is 1.58. The second-order valence-electron chi connectivity index (χ2n) is 4.19. The van der Waals surface area contributed by atoms with E-state index in [1.54, 1.807) is 11.8 Å². The number of benzene rings is 1. The molecule has 0 aliphatic rings. The minimum absolute atomic E-state index is 0.135. The average molecular weight is 332 g/mol. The first-order valence-corrected chi connectivity index (χ1v) is 9.15. The number of aliphatic hydroxyl groups is 1. The van der Waals surface area contributed by atoms with Crippen LogP contribution < -0.4 is 10.0 Å². The third-order valence-corrected chi connectivity index (χ3v) is 5.19. The Morgan fingerprint density at radius 1 is 1.24 bits per heavy atom. The molecule has 0 atom stereocenters. The highest BCUT2D eigenvalue weighted by Gasteiger charge is 2.13. The molecule has 1 aromatic carbocycles. The van der Waals surface area contributed by atoms with E-state index in [1.807, 2.05) is 0 Å². The molecule has 1 aromatic rings. The molecule has 0 spiro atoms. The number of carbonyl (C=O) groups excluding carboxylic acids is 1. The van der Waals surface area contributed by atoms with Gasteiger partial charge in [0.25, 0.3) is 5.91 Å². The summed E-state index contributed by atoms with van der Waals surface area (Å²) in [5.74, 6) is 1.20. The van der Waals surface area contributed by atoms with Crippen molar-refractivity contribution in [1.82, 2.24) is 10.0 Å². The van der Waals surface area contributed by atoms with Crippen LogP contribution in [0.5, 0.6) is 0 Å². The Labute approximate surface area is 129 Å². The second kappa shape index (κ2) is 9.04. The third kappa shape index (κ3) is 6.04. The van der Waals surface area contributed by atoms with Crippen molar-refractivity contribution in [2.24, 2.45) is 0 Å². The number of sulfonamides is 1. The SMILES string of the molecule is CNC(=O)c1ccc(S(=O)(=O)NCCSCCCO)cc1. The molecule has 0 saturated heterocycles. The average Bonchev–Trinajstić information content (AvgIpc) is 2.50. The molecule has 0 aliphatic heterocycles. The highest BCUT2D eigenvalue weighted by molar-refractivity contribution is 7.99. The van der Waals surface area contributed by atoms with Crippen LogP contribution in [0.1, 0.15) is 16.8 Å². The number of amides is 1. The van der Waals surface area contributed by atoms with Crippen LogP contribution in [0, 0.1) is 0 Å². The fraction of sp³-hybridized carbons (Fsp3) is 0.462. The summed E-state index contributed by atoms with van der Waals surface area (Å²) in [6.45, 7) is 0.478. The highest BCUT2D eigenvalue weighted by atomic mass is 32.2. The molecule has 1 amide bonds. The van der Waals surface area contributed by atoms with Crippen molar-refractivity contribution in [2.75, 3.05) is 31.7 Å². The maximum atomic E-state index is 12.0. The third-order valence-electron chi connectivity index (χ3n) is 2.64. The monoisotopic (exact) mass is 332 g/mol. The van der Waals surface area contributed by atoms with E-state index in [2.05, 4.69) is 10.0 Å². The fourth-order valence-electron chi connectivity index (χ4n) is 1.53. The summed E-state index contributed by atoms with van der Waals surface area (Å²) in [4.78, 5) is 11.5. The molecule has 118 valence electrons. The van der Waals surface area contributed by atoms with Crippen molar-refractivity contribution in [3.8, 4) is 0 Å². The number of aliphatic hydroxyl groups excluding tert-OH is 1. The molecule has 0 radical (unpaired) electrons. The van der Waals surface area contributed by atoms with E-state index in [0.717, 1.165) is 5.75 Å². The molecular weight excluding hydrogens is 312 g/mol.